The van der Waals surface area contributed by atoms with E-state index in [1.807, 2.05) is 23.4 Å². The maximum Gasteiger partial charge on any atom is 0.341 e. The van der Waals surface area contributed by atoms with Crippen LogP contribution in [0.5, 0.6) is 11.5 Å². The van der Waals surface area contributed by atoms with E-state index in [-0.39, 0.29) is 5.91 Å². The SMILES string of the molecule is CCOc1cc(C(=O)N2CCC(c3nncn3C)CC2)ccc1OCC(=O)O. The van der Waals surface area contributed by atoms with Crippen molar-refractivity contribution >= 4 is 11.9 Å². The molecule has 1 N–H and O–H groups in total. The lowest BCUT2D eigenvalue weighted by Gasteiger charge is -2.31. The van der Waals surface area contributed by atoms with Crippen molar-refractivity contribution in [3.05, 3.63) is 35.9 Å². The van der Waals surface area contributed by atoms with Gasteiger partial charge in [0.05, 0.1) is 6.61 Å². The fourth-order valence-electron chi connectivity index (χ4n) is 3.35. The number of likely N-dealkylation sites (tertiary alicyclic amines) is 1. The van der Waals surface area contributed by atoms with E-state index in [4.69, 9.17) is 14.6 Å². The second-order valence-corrected chi connectivity index (χ2v) is 6.64. The molecule has 0 aliphatic carbocycles. The summed E-state index contributed by atoms with van der Waals surface area (Å²) in [5, 5.41) is 16.9. The second kappa shape index (κ2) is 8.73. The van der Waals surface area contributed by atoms with Crippen LogP contribution in [0.1, 0.15) is 41.9 Å². The van der Waals surface area contributed by atoms with Crippen LogP contribution in [-0.4, -0.2) is 63.0 Å². The number of carbonyl (C=O) groups excluding carboxylic acids is 1. The van der Waals surface area contributed by atoms with Crippen LogP contribution in [0.15, 0.2) is 24.5 Å². The minimum atomic E-state index is -1.08. The number of aryl methyl sites for hydroxylation is 1. The Kier molecular flexibility index (Phi) is 6.13. The lowest BCUT2D eigenvalue weighted by atomic mass is 9.95. The second-order valence-electron chi connectivity index (χ2n) is 6.64. The summed E-state index contributed by atoms with van der Waals surface area (Å²) in [6.45, 7) is 3.00. The smallest absolute Gasteiger partial charge is 0.341 e. The summed E-state index contributed by atoms with van der Waals surface area (Å²) < 4.78 is 12.7. The van der Waals surface area contributed by atoms with E-state index >= 15 is 0 Å². The molecule has 0 radical (unpaired) electrons. The zero-order valence-electron chi connectivity index (χ0n) is 16.0. The number of hydrogen-bond donors (Lipinski definition) is 1. The topological polar surface area (TPSA) is 107 Å². The van der Waals surface area contributed by atoms with E-state index in [9.17, 15) is 9.59 Å². The molecule has 2 aromatic rings. The molecule has 1 saturated heterocycles. The van der Waals surface area contributed by atoms with Crippen molar-refractivity contribution in [2.24, 2.45) is 7.05 Å². The number of piperidine rings is 1. The number of carboxylic acids is 1. The Bertz CT molecular complexity index is 843. The first-order chi connectivity index (χ1) is 13.5. The normalized spacial score (nSPS) is 14.7. The Morgan fingerprint density at radius 3 is 2.57 bits per heavy atom. The molecule has 9 nitrogen and oxygen atoms in total. The molecule has 1 aliphatic rings. The average Bonchev–Trinajstić information content (AvgIpc) is 3.12. The van der Waals surface area contributed by atoms with E-state index in [0.29, 0.717) is 42.7 Å². The number of ether oxygens (including phenoxy) is 2. The van der Waals surface area contributed by atoms with Crippen LogP contribution in [-0.2, 0) is 11.8 Å². The van der Waals surface area contributed by atoms with E-state index in [1.54, 1.807) is 24.5 Å². The van der Waals surface area contributed by atoms with E-state index < -0.39 is 12.6 Å². The summed E-state index contributed by atoms with van der Waals surface area (Å²) in [7, 11) is 1.93. The van der Waals surface area contributed by atoms with Gasteiger partial charge in [-0.3, -0.25) is 4.79 Å². The zero-order valence-corrected chi connectivity index (χ0v) is 16.0. The predicted molar refractivity (Wildman–Crippen MR) is 99.6 cm³/mol. The van der Waals surface area contributed by atoms with Gasteiger partial charge in [0.2, 0.25) is 0 Å². The Labute approximate surface area is 162 Å². The van der Waals surface area contributed by atoms with Crippen LogP contribution in [0, 0.1) is 0 Å². The Hall–Kier alpha value is -3.10. The molecule has 0 spiro atoms. The molecule has 1 fully saturated rings. The van der Waals surface area contributed by atoms with Gasteiger partial charge in [0.25, 0.3) is 5.91 Å². The highest BCUT2D eigenvalue weighted by atomic mass is 16.5. The molecule has 1 aromatic carbocycles. The van der Waals surface area contributed by atoms with Gasteiger partial charge in [0.15, 0.2) is 18.1 Å². The number of benzene rings is 1. The van der Waals surface area contributed by atoms with Crippen molar-refractivity contribution in [3.8, 4) is 11.5 Å². The Morgan fingerprint density at radius 1 is 1.21 bits per heavy atom. The standard InChI is InChI=1S/C19H24N4O5/c1-3-27-16-10-14(4-5-15(16)28-11-17(24)25)19(26)23-8-6-13(7-9-23)18-21-20-12-22(18)2/h4-5,10,12-13H,3,6-9,11H2,1-2H3,(H,24,25). The first-order valence-corrected chi connectivity index (χ1v) is 9.24. The molecule has 1 aliphatic heterocycles. The summed E-state index contributed by atoms with van der Waals surface area (Å²) >= 11 is 0. The molecule has 150 valence electrons. The monoisotopic (exact) mass is 388 g/mol. The molecule has 0 unspecified atom stereocenters. The summed E-state index contributed by atoms with van der Waals surface area (Å²) in [6.07, 6.45) is 3.35. The maximum absolute atomic E-state index is 12.9. The number of aromatic nitrogens is 3. The van der Waals surface area contributed by atoms with Gasteiger partial charge >= 0.3 is 5.97 Å². The molecule has 1 amide bonds. The van der Waals surface area contributed by atoms with E-state index in [2.05, 4.69) is 10.2 Å². The number of aliphatic carboxylic acids is 1. The summed E-state index contributed by atoms with van der Waals surface area (Å²) in [5.41, 5.74) is 0.489. The van der Waals surface area contributed by atoms with Gasteiger partial charge in [-0.15, -0.1) is 10.2 Å². The molecule has 0 atom stereocenters. The maximum atomic E-state index is 12.9. The number of amides is 1. The minimum absolute atomic E-state index is 0.0813. The first-order valence-electron chi connectivity index (χ1n) is 9.24. The highest BCUT2D eigenvalue weighted by Gasteiger charge is 2.27. The van der Waals surface area contributed by atoms with Gasteiger partial charge in [-0.05, 0) is 38.0 Å². The number of carbonyl (C=O) groups is 2. The molecular weight excluding hydrogens is 364 g/mol. The van der Waals surface area contributed by atoms with E-state index in [0.717, 1.165) is 18.7 Å². The fraction of sp³-hybridized carbons (Fsp3) is 0.474. The van der Waals surface area contributed by atoms with Gasteiger partial charge in [-0.2, -0.15) is 0 Å². The average molecular weight is 388 g/mol. The quantitative estimate of drug-likeness (QED) is 0.769. The molecule has 9 heteroatoms. The van der Waals surface area contributed by atoms with Crippen molar-refractivity contribution in [1.82, 2.24) is 19.7 Å². The highest BCUT2D eigenvalue weighted by Crippen LogP contribution is 2.31. The van der Waals surface area contributed by atoms with Crippen molar-refractivity contribution < 1.29 is 24.2 Å². The van der Waals surface area contributed by atoms with Crippen LogP contribution in [0.4, 0.5) is 0 Å². The van der Waals surface area contributed by atoms with Gasteiger partial charge in [-0.1, -0.05) is 0 Å². The van der Waals surface area contributed by atoms with Crippen molar-refractivity contribution in [1.29, 1.82) is 0 Å². The third kappa shape index (κ3) is 4.41. The van der Waals surface area contributed by atoms with Gasteiger partial charge in [0.1, 0.15) is 12.2 Å². The molecule has 1 aromatic heterocycles. The molecule has 3 rings (SSSR count). The first kappa shape index (κ1) is 19.7. The third-order valence-corrected chi connectivity index (χ3v) is 4.74. The molecule has 0 saturated carbocycles. The highest BCUT2D eigenvalue weighted by molar-refractivity contribution is 5.95. The summed E-state index contributed by atoms with van der Waals surface area (Å²) in [5.74, 6) is 0.758. The van der Waals surface area contributed by atoms with Crippen LogP contribution >= 0.6 is 0 Å². The third-order valence-electron chi connectivity index (χ3n) is 4.74. The predicted octanol–water partition coefficient (Wildman–Crippen LogP) is 1.70. The Balaban J connectivity index is 1.67. The van der Waals surface area contributed by atoms with Gasteiger partial charge in [-0.25, -0.2) is 4.79 Å². The number of rotatable bonds is 7. The van der Waals surface area contributed by atoms with Crippen molar-refractivity contribution in [3.63, 3.8) is 0 Å². The lowest BCUT2D eigenvalue weighted by molar-refractivity contribution is -0.139. The van der Waals surface area contributed by atoms with Crippen molar-refractivity contribution in [2.45, 2.75) is 25.7 Å². The zero-order chi connectivity index (χ0) is 20.1. The van der Waals surface area contributed by atoms with Crippen LogP contribution in [0.2, 0.25) is 0 Å². The molecule has 0 bridgehead atoms. The van der Waals surface area contributed by atoms with Crippen LogP contribution in [0.25, 0.3) is 0 Å². The van der Waals surface area contributed by atoms with Gasteiger partial charge < -0.3 is 24.0 Å². The summed E-state index contributed by atoms with van der Waals surface area (Å²) in [6, 6.07) is 4.82. The minimum Gasteiger partial charge on any atom is -0.490 e. The van der Waals surface area contributed by atoms with Crippen molar-refractivity contribution in [2.75, 3.05) is 26.3 Å². The van der Waals surface area contributed by atoms with E-state index in [1.165, 1.54) is 0 Å². The summed E-state index contributed by atoms with van der Waals surface area (Å²) in [4.78, 5) is 25.4. The number of nitrogens with zero attached hydrogens (tertiary/aromatic N) is 4. The van der Waals surface area contributed by atoms with Gasteiger partial charge in [0, 0.05) is 31.6 Å². The lowest BCUT2D eigenvalue weighted by Crippen LogP contribution is -2.38. The molecule has 2 heterocycles. The van der Waals surface area contributed by atoms with Crippen LogP contribution in [0.3, 0.4) is 0 Å². The molecular formula is C19H24N4O5. The number of carboxylic acid groups (broad SMARTS) is 1. The van der Waals surface area contributed by atoms with Crippen LogP contribution < -0.4 is 9.47 Å². The fourth-order valence-corrected chi connectivity index (χ4v) is 3.35. The Morgan fingerprint density at radius 2 is 1.96 bits per heavy atom. The molecule has 28 heavy (non-hydrogen) atoms. The number of hydrogen-bond acceptors (Lipinski definition) is 6. The largest absolute Gasteiger partial charge is 0.490 e.